The molecule has 0 atom stereocenters. The number of dihydropyridines is 1. The van der Waals surface area contributed by atoms with Crippen LogP contribution < -0.4 is 5.32 Å². The Morgan fingerprint density at radius 1 is 1.58 bits per heavy atom. The Kier molecular flexibility index (Phi) is 2.35. The molecule has 1 heterocycles. The highest BCUT2D eigenvalue weighted by atomic mass is 14.9. The lowest BCUT2D eigenvalue weighted by atomic mass is 9.98. The monoisotopic (exact) mass is 160 g/mol. The summed E-state index contributed by atoms with van der Waals surface area (Å²) in [6, 6.07) is 2.10. The molecule has 0 fully saturated rings. The van der Waals surface area contributed by atoms with E-state index in [1.807, 2.05) is 12.3 Å². The lowest BCUT2D eigenvalue weighted by Crippen LogP contribution is -2.13. The molecule has 0 aliphatic carbocycles. The molecule has 1 N–H and O–H groups in total. The van der Waals surface area contributed by atoms with Crippen LogP contribution in [0.25, 0.3) is 0 Å². The van der Waals surface area contributed by atoms with E-state index < -0.39 is 0 Å². The largest absolute Gasteiger partial charge is 0.361 e. The first kappa shape index (κ1) is 8.61. The molecule has 1 rings (SSSR count). The van der Waals surface area contributed by atoms with Crippen LogP contribution in [0.2, 0.25) is 0 Å². The summed E-state index contributed by atoms with van der Waals surface area (Å²) in [5, 5.41) is 11.7. The highest BCUT2D eigenvalue weighted by Crippen LogP contribution is 2.19. The van der Waals surface area contributed by atoms with Gasteiger partial charge >= 0.3 is 0 Å². The maximum Gasteiger partial charge on any atom is 0.101 e. The average molecular weight is 160 g/mol. The Bertz CT molecular complexity index is 300. The molecular weight excluding hydrogens is 148 g/mol. The topological polar surface area (TPSA) is 35.8 Å². The minimum Gasteiger partial charge on any atom is -0.361 e. The van der Waals surface area contributed by atoms with Gasteiger partial charge in [0.25, 0.3) is 0 Å². The van der Waals surface area contributed by atoms with Crippen LogP contribution in [0, 0.1) is 17.2 Å². The van der Waals surface area contributed by atoms with E-state index in [9.17, 15) is 0 Å². The molecule has 0 radical (unpaired) electrons. The van der Waals surface area contributed by atoms with E-state index >= 15 is 0 Å². The number of nitrogens with one attached hydrogen (secondary N) is 1. The van der Waals surface area contributed by atoms with Crippen LogP contribution in [-0.4, -0.2) is 0 Å². The van der Waals surface area contributed by atoms with Gasteiger partial charge in [-0.2, -0.15) is 5.26 Å². The van der Waals surface area contributed by atoms with Gasteiger partial charge in [0.05, 0.1) is 5.57 Å². The predicted octanol–water partition coefficient (Wildman–Crippen LogP) is 2.09. The minimum atomic E-state index is 0.439. The first-order valence-corrected chi connectivity index (χ1v) is 3.93. The van der Waals surface area contributed by atoms with Crippen LogP contribution in [0.3, 0.4) is 0 Å². The molecule has 1 aliphatic rings. The molecule has 2 nitrogen and oxygen atoms in total. The fourth-order valence-corrected chi connectivity index (χ4v) is 0.977. The van der Waals surface area contributed by atoms with Crippen molar-refractivity contribution in [2.24, 2.45) is 5.92 Å². The van der Waals surface area contributed by atoms with Crippen molar-refractivity contribution >= 4 is 0 Å². The molecule has 12 heavy (non-hydrogen) atoms. The molecule has 62 valence electrons. The molecule has 0 unspecified atom stereocenters. The highest BCUT2D eigenvalue weighted by molar-refractivity contribution is 5.48. The zero-order valence-electron chi connectivity index (χ0n) is 7.39. The average Bonchev–Trinajstić information content (AvgIpc) is 2.05. The van der Waals surface area contributed by atoms with Gasteiger partial charge in [-0.15, -0.1) is 0 Å². The predicted molar refractivity (Wildman–Crippen MR) is 48.9 cm³/mol. The van der Waals surface area contributed by atoms with E-state index in [0.717, 1.165) is 5.57 Å². The molecule has 0 saturated carbocycles. The van der Waals surface area contributed by atoms with Crippen LogP contribution in [0.1, 0.15) is 13.8 Å². The zero-order chi connectivity index (χ0) is 9.14. The number of rotatable bonds is 1. The van der Waals surface area contributed by atoms with E-state index in [1.165, 1.54) is 0 Å². The molecular formula is C10H12N2. The molecule has 0 aromatic rings. The molecule has 0 amide bonds. The van der Waals surface area contributed by atoms with Crippen molar-refractivity contribution in [3.8, 4) is 6.07 Å². The van der Waals surface area contributed by atoms with E-state index in [4.69, 9.17) is 5.26 Å². The van der Waals surface area contributed by atoms with E-state index in [1.54, 1.807) is 0 Å². The summed E-state index contributed by atoms with van der Waals surface area (Å²) < 4.78 is 0. The number of allylic oxidation sites excluding steroid dienone is 3. The summed E-state index contributed by atoms with van der Waals surface area (Å²) in [6.45, 7) is 7.89. The minimum absolute atomic E-state index is 0.439. The van der Waals surface area contributed by atoms with Gasteiger partial charge < -0.3 is 5.32 Å². The molecule has 0 bridgehead atoms. The van der Waals surface area contributed by atoms with Crippen LogP contribution >= 0.6 is 0 Å². The number of nitriles is 1. The van der Waals surface area contributed by atoms with Crippen molar-refractivity contribution in [2.45, 2.75) is 13.8 Å². The van der Waals surface area contributed by atoms with Gasteiger partial charge in [-0.1, -0.05) is 20.4 Å². The molecule has 0 spiro atoms. The van der Waals surface area contributed by atoms with Crippen molar-refractivity contribution in [2.75, 3.05) is 0 Å². The lowest BCUT2D eigenvalue weighted by molar-refractivity contribution is 0.773. The lowest BCUT2D eigenvalue weighted by Gasteiger charge is -2.15. The standard InChI is InChI=1S/C10H12N2/c1-7(2)10-4-9(5-11)8(3)12-6-10/h4,6-7,12H,3H2,1-2H3. The van der Waals surface area contributed by atoms with E-state index in [-0.39, 0.29) is 0 Å². The normalized spacial score (nSPS) is 16.3. The Morgan fingerprint density at radius 2 is 2.25 bits per heavy atom. The Hall–Kier alpha value is -1.49. The third kappa shape index (κ3) is 1.57. The smallest absolute Gasteiger partial charge is 0.101 e. The Morgan fingerprint density at radius 3 is 2.75 bits per heavy atom. The second-order valence-corrected chi connectivity index (χ2v) is 3.09. The van der Waals surface area contributed by atoms with Crippen molar-refractivity contribution in [3.63, 3.8) is 0 Å². The first-order chi connectivity index (χ1) is 5.65. The third-order valence-corrected chi connectivity index (χ3v) is 1.84. The molecule has 0 saturated heterocycles. The highest BCUT2D eigenvalue weighted by Gasteiger charge is 2.09. The Balaban J connectivity index is 2.94. The van der Waals surface area contributed by atoms with Gasteiger partial charge in [0.1, 0.15) is 6.07 Å². The summed E-state index contributed by atoms with van der Waals surface area (Å²) in [5.41, 5.74) is 2.45. The van der Waals surface area contributed by atoms with E-state index in [2.05, 4.69) is 31.8 Å². The second-order valence-electron chi connectivity index (χ2n) is 3.09. The van der Waals surface area contributed by atoms with Crippen LogP contribution in [0.4, 0.5) is 0 Å². The van der Waals surface area contributed by atoms with E-state index in [0.29, 0.717) is 17.2 Å². The summed E-state index contributed by atoms with van der Waals surface area (Å²) in [6.07, 6.45) is 3.78. The van der Waals surface area contributed by atoms with Crippen LogP contribution in [-0.2, 0) is 0 Å². The van der Waals surface area contributed by atoms with Gasteiger partial charge in [-0.3, -0.25) is 0 Å². The molecule has 2 heteroatoms. The van der Waals surface area contributed by atoms with Crippen LogP contribution in [0.15, 0.2) is 35.7 Å². The summed E-state index contributed by atoms with van der Waals surface area (Å²) in [7, 11) is 0. The summed E-state index contributed by atoms with van der Waals surface area (Å²) in [4.78, 5) is 0. The zero-order valence-corrected chi connectivity index (χ0v) is 7.39. The Labute approximate surface area is 72.9 Å². The van der Waals surface area contributed by atoms with Crippen molar-refractivity contribution in [1.82, 2.24) is 5.32 Å². The van der Waals surface area contributed by atoms with Gasteiger partial charge in [0, 0.05) is 11.9 Å². The first-order valence-electron chi connectivity index (χ1n) is 3.93. The van der Waals surface area contributed by atoms with Gasteiger partial charge in [0.2, 0.25) is 0 Å². The maximum absolute atomic E-state index is 8.71. The quantitative estimate of drug-likeness (QED) is 0.637. The second kappa shape index (κ2) is 3.27. The van der Waals surface area contributed by atoms with Gasteiger partial charge in [-0.05, 0) is 17.6 Å². The molecule has 0 aromatic heterocycles. The third-order valence-electron chi connectivity index (χ3n) is 1.84. The summed E-state index contributed by atoms with van der Waals surface area (Å²) >= 11 is 0. The maximum atomic E-state index is 8.71. The van der Waals surface area contributed by atoms with Crippen molar-refractivity contribution < 1.29 is 0 Å². The number of hydrogen-bond donors (Lipinski definition) is 1. The summed E-state index contributed by atoms with van der Waals surface area (Å²) in [5.74, 6) is 0.439. The number of nitrogens with zero attached hydrogens (tertiary/aromatic N) is 1. The fraction of sp³-hybridized carbons (Fsp3) is 0.300. The number of hydrogen-bond acceptors (Lipinski definition) is 2. The van der Waals surface area contributed by atoms with Crippen LogP contribution in [0.5, 0.6) is 0 Å². The SMILES string of the molecule is C=C1NC=C(C(C)C)C=C1C#N. The van der Waals surface area contributed by atoms with Crippen molar-refractivity contribution in [3.05, 3.63) is 35.7 Å². The van der Waals surface area contributed by atoms with Gasteiger partial charge in [-0.25, -0.2) is 0 Å². The molecule has 0 aromatic carbocycles. The molecule has 1 aliphatic heterocycles. The van der Waals surface area contributed by atoms with Crippen molar-refractivity contribution in [1.29, 1.82) is 5.26 Å². The fourth-order valence-electron chi connectivity index (χ4n) is 0.977. The van der Waals surface area contributed by atoms with Gasteiger partial charge in [0.15, 0.2) is 0 Å².